The Kier molecular flexibility index (Phi) is 2.75. The van der Waals surface area contributed by atoms with Gasteiger partial charge in [-0.1, -0.05) is 6.92 Å². The summed E-state index contributed by atoms with van der Waals surface area (Å²) in [6.07, 6.45) is 0.695. The predicted octanol–water partition coefficient (Wildman–Crippen LogP) is 2.31. The van der Waals surface area contributed by atoms with Crippen LogP contribution in [0.3, 0.4) is 0 Å². The van der Waals surface area contributed by atoms with Crippen LogP contribution in [0.2, 0.25) is 0 Å². The van der Waals surface area contributed by atoms with Gasteiger partial charge in [0.15, 0.2) is 0 Å². The van der Waals surface area contributed by atoms with Crippen molar-refractivity contribution in [2.45, 2.75) is 13.3 Å². The highest BCUT2D eigenvalue weighted by Gasteiger charge is 2.08. The number of halogens is 1. The molecule has 0 spiro atoms. The second kappa shape index (κ2) is 3.62. The molecule has 12 heavy (non-hydrogen) atoms. The average molecular weight is 231 g/mol. The van der Waals surface area contributed by atoms with E-state index in [9.17, 15) is 10.1 Å². The van der Waals surface area contributed by atoms with Crippen LogP contribution >= 0.6 is 15.9 Å². The molecule has 0 aromatic carbocycles. The van der Waals surface area contributed by atoms with Crippen LogP contribution in [0.4, 0.5) is 5.69 Å². The van der Waals surface area contributed by atoms with E-state index in [1.54, 1.807) is 0 Å². The molecule has 0 N–H and O–H groups in total. The zero-order valence-electron chi connectivity index (χ0n) is 6.45. The van der Waals surface area contributed by atoms with Crippen molar-refractivity contribution in [2.75, 3.05) is 0 Å². The largest absolute Gasteiger partial charge is 0.273 e. The molecule has 0 saturated heterocycles. The Morgan fingerprint density at radius 1 is 1.67 bits per heavy atom. The highest BCUT2D eigenvalue weighted by atomic mass is 79.9. The second-order valence-electron chi connectivity index (χ2n) is 2.25. The van der Waals surface area contributed by atoms with E-state index in [4.69, 9.17) is 0 Å². The van der Waals surface area contributed by atoms with Gasteiger partial charge in [-0.2, -0.15) is 0 Å². The van der Waals surface area contributed by atoms with E-state index in [1.165, 1.54) is 12.1 Å². The summed E-state index contributed by atoms with van der Waals surface area (Å²) in [7, 11) is 0. The molecule has 4 nitrogen and oxygen atoms in total. The summed E-state index contributed by atoms with van der Waals surface area (Å²) in [6.45, 7) is 1.90. The molecule has 1 aromatic heterocycles. The van der Waals surface area contributed by atoms with Gasteiger partial charge in [-0.05, 0) is 22.4 Å². The quantitative estimate of drug-likeness (QED) is 0.445. The molecule has 0 aliphatic heterocycles. The first kappa shape index (κ1) is 9.12. The Labute approximate surface area is 77.9 Å². The Bertz CT molecular complexity index is 314. The van der Waals surface area contributed by atoms with Gasteiger partial charge in [0, 0.05) is 17.8 Å². The van der Waals surface area contributed by atoms with Crippen molar-refractivity contribution in [3.63, 3.8) is 0 Å². The van der Waals surface area contributed by atoms with Crippen molar-refractivity contribution in [1.29, 1.82) is 0 Å². The molecule has 0 aliphatic rings. The zero-order chi connectivity index (χ0) is 9.14. The molecule has 64 valence electrons. The van der Waals surface area contributed by atoms with Crippen LogP contribution in [-0.4, -0.2) is 9.91 Å². The maximum absolute atomic E-state index is 10.4. The smallest absolute Gasteiger partial charge is 0.258 e. The van der Waals surface area contributed by atoms with Crippen molar-refractivity contribution >= 4 is 21.6 Å². The van der Waals surface area contributed by atoms with Crippen LogP contribution in [0.25, 0.3) is 0 Å². The minimum absolute atomic E-state index is 0.0775. The topological polar surface area (TPSA) is 56.0 Å². The van der Waals surface area contributed by atoms with Gasteiger partial charge in [0.25, 0.3) is 5.69 Å². The molecule has 1 heterocycles. The van der Waals surface area contributed by atoms with Crippen molar-refractivity contribution in [3.8, 4) is 0 Å². The van der Waals surface area contributed by atoms with Gasteiger partial charge >= 0.3 is 0 Å². The average Bonchev–Trinajstić information content (AvgIpc) is 2.03. The molecule has 1 rings (SSSR count). The summed E-state index contributed by atoms with van der Waals surface area (Å²) in [5.41, 5.74) is 0.796. The number of pyridine rings is 1. The second-order valence-corrected chi connectivity index (χ2v) is 3.06. The fourth-order valence-electron chi connectivity index (χ4n) is 0.823. The molecular formula is C7H7BrN2O2. The van der Waals surface area contributed by atoms with Crippen LogP contribution in [0, 0.1) is 10.1 Å². The first-order chi connectivity index (χ1) is 5.63. The highest BCUT2D eigenvalue weighted by Crippen LogP contribution is 2.17. The van der Waals surface area contributed by atoms with Crippen molar-refractivity contribution in [3.05, 3.63) is 32.5 Å². The van der Waals surface area contributed by atoms with Gasteiger partial charge < -0.3 is 0 Å². The molecule has 0 bridgehead atoms. The van der Waals surface area contributed by atoms with Crippen LogP contribution in [0.1, 0.15) is 12.6 Å². The van der Waals surface area contributed by atoms with Crippen LogP contribution in [-0.2, 0) is 6.42 Å². The summed E-state index contributed by atoms with van der Waals surface area (Å²) in [4.78, 5) is 14.0. The molecule has 0 fully saturated rings. The maximum Gasteiger partial charge on any atom is 0.273 e. The summed E-state index contributed by atoms with van der Waals surface area (Å²) >= 11 is 3.11. The lowest BCUT2D eigenvalue weighted by atomic mass is 10.3. The zero-order valence-corrected chi connectivity index (χ0v) is 8.04. The number of nitrogens with zero attached hydrogens (tertiary/aromatic N) is 2. The highest BCUT2D eigenvalue weighted by molar-refractivity contribution is 9.10. The molecule has 1 aromatic rings. The van der Waals surface area contributed by atoms with E-state index in [-0.39, 0.29) is 5.69 Å². The monoisotopic (exact) mass is 230 g/mol. The van der Waals surface area contributed by atoms with Crippen molar-refractivity contribution in [1.82, 2.24) is 4.98 Å². The third-order valence-electron chi connectivity index (χ3n) is 1.40. The Morgan fingerprint density at radius 2 is 2.33 bits per heavy atom. The lowest BCUT2D eigenvalue weighted by Crippen LogP contribution is -1.93. The lowest BCUT2D eigenvalue weighted by molar-refractivity contribution is -0.385. The number of rotatable bonds is 2. The number of aromatic nitrogens is 1. The molecule has 0 aliphatic carbocycles. The van der Waals surface area contributed by atoms with E-state index in [0.29, 0.717) is 11.0 Å². The minimum atomic E-state index is -0.425. The van der Waals surface area contributed by atoms with Crippen LogP contribution < -0.4 is 0 Å². The van der Waals surface area contributed by atoms with E-state index in [1.807, 2.05) is 6.92 Å². The van der Waals surface area contributed by atoms with Gasteiger partial charge in [0.2, 0.25) is 0 Å². The van der Waals surface area contributed by atoms with Crippen molar-refractivity contribution in [2.24, 2.45) is 0 Å². The fraction of sp³-hybridized carbons (Fsp3) is 0.286. The van der Waals surface area contributed by atoms with E-state index in [0.717, 1.165) is 5.69 Å². The minimum Gasteiger partial charge on any atom is -0.258 e. The Hall–Kier alpha value is -0.970. The van der Waals surface area contributed by atoms with Crippen LogP contribution in [0.5, 0.6) is 0 Å². The standard InChI is InChI=1S/C7H7BrN2O2/c1-2-5-3-6(10(11)12)4-7(8)9-5/h3-4H,2H2,1H3. The SMILES string of the molecule is CCc1cc([N+](=O)[O-])cc(Br)n1. The number of hydrogen-bond acceptors (Lipinski definition) is 3. The van der Waals surface area contributed by atoms with Crippen LogP contribution in [0.15, 0.2) is 16.7 Å². The first-order valence-electron chi connectivity index (χ1n) is 3.44. The molecular weight excluding hydrogens is 224 g/mol. The number of nitro groups is 1. The molecule has 0 radical (unpaired) electrons. The van der Waals surface area contributed by atoms with E-state index < -0.39 is 4.92 Å². The molecule has 0 saturated carbocycles. The Balaban J connectivity index is 3.15. The third kappa shape index (κ3) is 2.01. The van der Waals surface area contributed by atoms with Crippen molar-refractivity contribution < 1.29 is 4.92 Å². The van der Waals surface area contributed by atoms with Gasteiger partial charge in [-0.3, -0.25) is 10.1 Å². The van der Waals surface area contributed by atoms with E-state index >= 15 is 0 Å². The summed E-state index contributed by atoms with van der Waals surface area (Å²) in [5.74, 6) is 0. The fourth-order valence-corrected chi connectivity index (χ4v) is 1.28. The number of aryl methyl sites for hydroxylation is 1. The third-order valence-corrected chi connectivity index (χ3v) is 1.81. The molecule has 5 heteroatoms. The predicted molar refractivity (Wildman–Crippen MR) is 48.0 cm³/mol. The summed E-state index contributed by atoms with van der Waals surface area (Å²) < 4.78 is 0.508. The Morgan fingerprint density at radius 3 is 2.83 bits per heavy atom. The van der Waals surface area contributed by atoms with Gasteiger partial charge in [0.05, 0.1) is 4.92 Å². The van der Waals surface area contributed by atoms with E-state index in [2.05, 4.69) is 20.9 Å². The molecule has 0 unspecified atom stereocenters. The maximum atomic E-state index is 10.4. The van der Waals surface area contributed by atoms with Gasteiger partial charge in [-0.25, -0.2) is 4.98 Å². The lowest BCUT2D eigenvalue weighted by Gasteiger charge is -1.96. The summed E-state index contributed by atoms with van der Waals surface area (Å²) in [6, 6.07) is 2.86. The molecule has 0 atom stereocenters. The normalized spacial score (nSPS) is 9.83. The van der Waals surface area contributed by atoms with Gasteiger partial charge in [-0.15, -0.1) is 0 Å². The first-order valence-corrected chi connectivity index (χ1v) is 4.23. The molecule has 0 amide bonds. The van der Waals surface area contributed by atoms with Gasteiger partial charge in [0.1, 0.15) is 4.60 Å². The number of hydrogen-bond donors (Lipinski definition) is 0. The summed E-state index contributed by atoms with van der Waals surface area (Å²) in [5, 5.41) is 10.4.